The van der Waals surface area contributed by atoms with Crippen molar-refractivity contribution in [2.75, 3.05) is 19.0 Å². The molecule has 3 aromatic rings. The molecule has 148 valence electrons. The Morgan fingerprint density at radius 2 is 1.89 bits per heavy atom. The predicted molar refractivity (Wildman–Crippen MR) is 117 cm³/mol. The van der Waals surface area contributed by atoms with Gasteiger partial charge >= 0.3 is 0 Å². The summed E-state index contributed by atoms with van der Waals surface area (Å²) in [6.45, 7) is 6.76. The third kappa shape index (κ3) is 4.20. The molecule has 0 saturated carbocycles. The normalized spacial score (nSPS) is 10.5. The summed E-state index contributed by atoms with van der Waals surface area (Å²) in [5.41, 5.74) is 4.13. The maximum absolute atomic E-state index is 12.7. The van der Waals surface area contributed by atoms with E-state index in [4.69, 9.17) is 4.74 Å². The number of rotatable bonds is 6. The number of aromatic nitrogens is 1. The standard InChI is InChI=1S/C22H25N3O2.ClH/c1-5-23-22(26)17-13-24-21-16(10-8-12-19(21)27-4)20(17)25-18-11-7-6-9-15(18)14(2)3;/h6-14H,5H2,1-4H3,(H,23,26)(H,24,25);1H. The average molecular weight is 400 g/mol. The summed E-state index contributed by atoms with van der Waals surface area (Å²) < 4.78 is 5.45. The van der Waals surface area contributed by atoms with E-state index in [1.165, 1.54) is 5.56 Å². The lowest BCUT2D eigenvalue weighted by atomic mass is 10.00. The first kappa shape index (κ1) is 21.5. The Hall–Kier alpha value is -2.79. The van der Waals surface area contributed by atoms with Crippen LogP contribution in [-0.2, 0) is 0 Å². The Bertz CT molecular complexity index is 973. The average Bonchev–Trinajstić information content (AvgIpc) is 2.68. The van der Waals surface area contributed by atoms with E-state index in [0.29, 0.717) is 23.8 Å². The molecule has 0 unspecified atom stereocenters. The van der Waals surface area contributed by atoms with Gasteiger partial charge in [0.2, 0.25) is 0 Å². The summed E-state index contributed by atoms with van der Waals surface area (Å²) in [4.78, 5) is 17.1. The zero-order chi connectivity index (χ0) is 19.4. The predicted octanol–water partition coefficient (Wildman–Crippen LogP) is 5.28. The highest BCUT2D eigenvalue weighted by atomic mass is 35.5. The molecule has 0 atom stereocenters. The van der Waals surface area contributed by atoms with Gasteiger partial charge in [-0.25, -0.2) is 0 Å². The van der Waals surface area contributed by atoms with E-state index >= 15 is 0 Å². The number of pyridine rings is 1. The molecule has 0 bridgehead atoms. The van der Waals surface area contributed by atoms with Gasteiger partial charge < -0.3 is 15.4 Å². The van der Waals surface area contributed by atoms with Crippen LogP contribution in [0.15, 0.2) is 48.7 Å². The molecule has 0 aliphatic carbocycles. The van der Waals surface area contributed by atoms with Crippen molar-refractivity contribution in [3.8, 4) is 5.75 Å². The minimum atomic E-state index is -0.153. The fourth-order valence-corrected chi connectivity index (χ4v) is 3.17. The number of ether oxygens (including phenoxy) is 1. The van der Waals surface area contributed by atoms with Crippen molar-refractivity contribution in [3.05, 3.63) is 59.8 Å². The molecule has 1 amide bonds. The van der Waals surface area contributed by atoms with Crippen LogP contribution in [0.2, 0.25) is 0 Å². The first-order valence-corrected chi connectivity index (χ1v) is 9.16. The smallest absolute Gasteiger partial charge is 0.254 e. The third-order valence-electron chi connectivity index (χ3n) is 4.50. The molecule has 3 rings (SSSR count). The van der Waals surface area contributed by atoms with Crippen LogP contribution in [0.5, 0.6) is 5.75 Å². The summed E-state index contributed by atoms with van der Waals surface area (Å²) in [5.74, 6) is 0.874. The molecule has 0 radical (unpaired) electrons. The van der Waals surface area contributed by atoms with Crippen LogP contribution >= 0.6 is 12.4 Å². The van der Waals surface area contributed by atoms with Crippen molar-refractivity contribution in [2.24, 2.45) is 0 Å². The Kier molecular flexibility index (Phi) is 7.24. The molecule has 0 aliphatic heterocycles. The summed E-state index contributed by atoms with van der Waals surface area (Å²) in [7, 11) is 1.62. The highest BCUT2D eigenvalue weighted by Crippen LogP contribution is 2.35. The lowest BCUT2D eigenvalue weighted by Crippen LogP contribution is -2.24. The van der Waals surface area contributed by atoms with Crippen molar-refractivity contribution in [1.29, 1.82) is 0 Å². The number of halogens is 1. The number of anilines is 2. The molecule has 2 aromatic carbocycles. The molecule has 2 N–H and O–H groups in total. The summed E-state index contributed by atoms with van der Waals surface area (Å²) in [6.07, 6.45) is 1.61. The van der Waals surface area contributed by atoms with Crippen LogP contribution in [0.1, 0.15) is 42.6 Å². The minimum Gasteiger partial charge on any atom is -0.494 e. The van der Waals surface area contributed by atoms with Gasteiger partial charge in [-0.05, 0) is 30.5 Å². The van der Waals surface area contributed by atoms with E-state index in [-0.39, 0.29) is 18.3 Å². The molecule has 0 saturated heterocycles. The van der Waals surface area contributed by atoms with E-state index in [0.717, 1.165) is 22.3 Å². The van der Waals surface area contributed by atoms with E-state index in [1.807, 2.05) is 43.3 Å². The number of benzene rings is 2. The highest BCUT2D eigenvalue weighted by Gasteiger charge is 2.18. The molecular formula is C22H26ClN3O2. The molecule has 0 spiro atoms. The number of carbonyl (C=O) groups is 1. The fraction of sp³-hybridized carbons (Fsp3) is 0.273. The zero-order valence-electron chi connectivity index (χ0n) is 16.6. The fourth-order valence-electron chi connectivity index (χ4n) is 3.17. The Morgan fingerprint density at radius 3 is 2.57 bits per heavy atom. The number of carbonyl (C=O) groups excluding carboxylic acids is 1. The molecule has 6 heteroatoms. The maximum atomic E-state index is 12.7. The zero-order valence-corrected chi connectivity index (χ0v) is 17.4. The van der Waals surface area contributed by atoms with Crippen LogP contribution in [-0.4, -0.2) is 24.5 Å². The Labute approximate surface area is 171 Å². The third-order valence-corrected chi connectivity index (χ3v) is 4.50. The highest BCUT2D eigenvalue weighted by molar-refractivity contribution is 6.09. The summed E-state index contributed by atoms with van der Waals surface area (Å²) >= 11 is 0. The van der Waals surface area contributed by atoms with Gasteiger partial charge in [-0.1, -0.05) is 44.2 Å². The van der Waals surface area contributed by atoms with Gasteiger partial charge in [0.25, 0.3) is 5.91 Å². The van der Waals surface area contributed by atoms with Crippen molar-refractivity contribution in [2.45, 2.75) is 26.7 Å². The van der Waals surface area contributed by atoms with Gasteiger partial charge in [-0.15, -0.1) is 12.4 Å². The van der Waals surface area contributed by atoms with Crippen LogP contribution < -0.4 is 15.4 Å². The Balaban J connectivity index is 0.00000280. The second-order valence-electron chi connectivity index (χ2n) is 6.63. The summed E-state index contributed by atoms with van der Waals surface area (Å²) in [6, 6.07) is 13.9. The van der Waals surface area contributed by atoms with E-state index in [1.54, 1.807) is 13.3 Å². The summed E-state index contributed by atoms with van der Waals surface area (Å²) in [5, 5.41) is 7.21. The van der Waals surface area contributed by atoms with Crippen molar-refractivity contribution < 1.29 is 9.53 Å². The number of amides is 1. The largest absolute Gasteiger partial charge is 0.494 e. The lowest BCUT2D eigenvalue weighted by Gasteiger charge is -2.19. The molecule has 0 aliphatic rings. The molecular weight excluding hydrogens is 374 g/mol. The number of methoxy groups -OCH3 is 1. The van der Waals surface area contributed by atoms with E-state index in [9.17, 15) is 4.79 Å². The lowest BCUT2D eigenvalue weighted by molar-refractivity contribution is 0.0956. The van der Waals surface area contributed by atoms with E-state index < -0.39 is 0 Å². The molecule has 28 heavy (non-hydrogen) atoms. The van der Waals surface area contributed by atoms with Crippen LogP contribution in [0.25, 0.3) is 10.9 Å². The molecule has 1 heterocycles. The van der Waals surface area contributed by atoms with Gasteiger partial charge in [0, 0.05) is 23.8 Å². The number of fused-ring (bicyclic) bond motifs is 1. The Morgan fingerprint density at radius 1 is 1.14 bits per heavy atom. The maximum Gasteiger partial charge on any atom is 0.254 e. The quantitative estimate of drug-likeness (QED) is 0.591. The van der Waals surface area contributed by atoms with E-state index in [2.05, 4.69) is 35.5 Å². The van der Waals surface area contributed by atoms with Crippen LogP contribution in [0.4, 0.5) is 11.4 Å². The second kappa shape index (κ2) is 9.42. The molecule has 5 nitrogen and oxygen atoms in total. The first-order valence-electron chi connectivity index (χ1n) is 9.16. The van der Waals surface area contributed by atoms with Gasteiger partial charge in [0.05, 0.1) is 18.4 Å². The second-order valence-corrected chi connectivity index (χ2v) is 6.63. The van der Waals surface area contributed by atoms with Gasteiger partial charge in [-0.2, -0.15) is 0 Å². The number of nitrogens with one attached hydrogen (secondary N) is 2. The first-order chi connectivity index (χ1) is 13.1. The number of nitrogens with zero attached hydrogens (tertiary/aromatic N) is 1. The number of para-hydroxylation sites is 2. The van der Waals surface area contributed by atoms with Gasteiger partial charge in [0.1, 0.15) is 11.3 Å². The van der Waals surface area contributed by atoms with Crippen molar-refractivity contribution >= 4 is 40.6 Å². The molecule has 1 aromatic heterocycles. The minimum absolute atomic E-state index is 0. The van der Waals surface area contributed by atoms with Crippen molar-refractivity contribution in [3.63, 3.8) is 0 Å². The monoisotopic (exact) mass is 399 g/mol. The van der Waals surface area contributed by atoms with Crippen LogP contribution in [0, 0.1) is 0 Å². The number of hydrogen-bond donors (Lipinski definition) is 2. The van der Waals surface area contributed by atoms with Gasteiger partial charge in [-0.3, -0.25) is 9.78 Å². The number of hydrogen-bond acceptors (Lipinski definition) is 4. The van der Waals surface area contributed by atoms with Gasteiger partial charge in [0.15, 0.2) is 0 Å². The topological polar surface area (TPSA) is 63.2 Å². The van der Waals surface area contributed by atoms with Crippen molar-refractivity contribution in [1.82, 2.24) is 10.3 Å². The van der Waals surface area contributed by atoms with Crippen LogP contribution in [0.3, 0.4) is 0 Å². The SMILES string of the molecule is CCNC(=O)c1cnc2c(OC)cccc2c1Nc1ccccc1C(C)C.Cl. The molecule has 0 fully saturated rings.